The van der Waals surface area contributed by atoms with Crippen molar-refractivity contribution in [2.24, 2.45) is 5.92 Å². The number of benzene rings is 1. The van der Waals surface area contributed by atoms with E-state index in [0.29, 0.717) is 36.1 Å². The van der Waals surface area contributed by atoms with Crippen LogP contribution in [0, 0.1) is 11.7 Å². The van der Waals surface area contributed by atoms with Gasteiger partial charge < -0.3 is 9.80 Å². The van der Waals surface area contributed by atoms with Crippen LogP contribution in [0.5, 0.6) is 0 Å². The van der Waals surface area contributed by atoms with E-state index < -0.39 is 5.82 Å². The molecule has 2 aliphatic heterocycles. The van der Waals surface area contributed by atoms with Crippen LogP contribution >= 0.6 is 0 Å². The Kier molecular flexibility index (Phi) is 5.87. The SMILES string of the molecule is CC1CCN(C(=O)c2cnn3ccc(C4CCN(C(=O)c5cccc(F)c5)CC4)cc23)CC1. The number of likely N-dealkylation sites (tertiary alicyclic amines) is 2. The number of piperidine rings is 2. The van der Waals surface area contributed by atoms with Crippen LogP contribution in [0.3, 0.4) is 0 Å². The van der Waals surface area contributed by atoms with Crippen molar-refractivity contribution in [2.75, 3.05) is 26.2 Å². The fourth-order valence-corrected chi connectivity index (χ4v) is 5.02. The van der Waals surface area contributed by atoms with Gasteiger partial charge in [0.2, 0.25) is 0 Å². The minimum absolute atomic E-state index is 0.0598. The predicted molar refractivity (Wildman–Crippen MR) is 124 cm³/mol. The molecule has 2 aromatic heterocycles. The second-order valence-corrected chi connectivity index (χ2v) is 9.40. The predicted octanol–water partition coefficient (Wildman–Crippen LogP) is 4.37. The number of carbonyl (C=O) groups excluding carboxylic acids is 2. The van der Waals surface area contributed by atoms with Gasteiger partial charge in [-0.3, -0.25) is 9.59 Å². The maximum atomic E-state index is 13.5. The molecule has 2 fully saturated rings. The molecule has 2 saturated heterocycles. The molecular formula is C26H29FN4O2. The van der Waals surface area contributed by atoms with E-state index in [1.165, 1.54) is 17.7 Å². The number of carbonyl (C=O) groups is 2. The molecule has 33 heavy (non-hydrogen) atoms. The lowest BCUT2D eigenvalue weighted by molar-refractivity contribution is 0.0695. The van der Waals surface area contributed by atoms with Gasteiger partial charge in [0.25, 0.3) is 11.8 Å². The Labute approximate surface area is 193 Å². The van der Waals surface area contributed by atoms with Gasteiger partial charge in [0.05, 0.1) is 17.3 Å². The van der Waals surface area contributed by atoms with E-state index in [2.05, 4.69) is 24.2 Å². The molecule has 0 aliphatic carbocycles. The van der Waals surface area contributed by atoms with Gasteiger partial charge in [0, 0.05) is 37.9 Å². The van der Waals surface area contributed by atoms with Gasteiger partial charge in [-0.1, -0.05) is 13.0 Å². The van der Waals surface area contributed by atoms with Crippen molar-refractivity contribution >= 4 is 17.3 Å². The van der Waals surface area contributed by atoms with Gasteiger partial charge in [-0.2, -0.15) is 5.10 Å². The highest BCUT2D eigenvalue weighted by Gasteiger charge is 2.27. The average Bonchev–Trinajstić information content (AvgIpc) is 3.27. The molecule has 0 radical (unpaired) electrons. The minimum atomic E-state index is -0.394. The number of rotatable bonds is 3. The van der Waals surface area contributed by atoms with Gasteiger partial charge in [-0.15, -0.1) is 0 Å². The molecule has 0 unspecified atom stereocenters. The molecule has 4 heterocycles. The van der Waals surface area contributed by atoms with Crippen molar-refractivity contribution in [3.8, 4) is 0 Å². The first-order valence-corrected chi connectivity index (χ1v) is 11.8. The van der Waals surface area contributed by atoms with E-state index in [-0.39, 0.29) is 11.8 Å². The maximum Gasteiger partial charge on any atom is 0.257 e. The van der Waals surface area contributed by atoms with Crippen molar-refractivity contribution in [3.05, 3.63) is 71.3 Å². The summed E-state index contributed by atoms with van der Waals surface area (Å²) in [6.07, 6.45) is 7.35. The van der Waals surface area contributed by atoms with Crippen LogP contribution in [-0.2, 0) is 0 Å². The number of fused-ring (bicyclic) bond motifs is 1. The van der Waals surface area contributed by atoms with Crippen LogP contribution in [-0.4, -0.2) is 57.4 Å². The summed E-state index contributed by atoms with van der Waals surface area (Å²) in [7, 11) is 0. The Morgan fingerprint density at radius 3 is 2.36 bits per heavy atom. The normalized spacial score (nSPS) is 18.1. The summed E-state index contributed by atoms with van der Waals surface area (Å²) in [5.41, 5.74) is 3.06. The Morgan fingerprint density at radius 1 is 0.939 bits per heavy atom. The molecule has 3 aromatic rings. The molecule has 0 saturated carbocycles. The summed E-state index contributed by atoms with van der Waals surface area (Å²) >= 11 is 0. The van der Waals surface area contributed by atoms with E-state index in [1.807, 2.05) is 11.1 Å². The van der Waals surface area contributed by atoms with Gasteiger partial charge in [-0.25, -0.2) is 8.91 Å². The molecule has 0 spiro atoms. The maximum absolute atomic E-state index is 13.5. The summed E-state index contributed by atoms with van der Waals surface area (Å²) in [5.74, 6) is 0.519. The van der Waals surface area contributed by atoms with E-state index >= 15 is 0 Å². The van der Waals surface area contributed by atoms with Gasteiger partial charge in [0.1, 0.15) is 5.82 Å². The zero-order valence-electron chi connectivity index (χ0n) is 18.9. The lowest BCUT2D eigenvalue weighted by Gasteiger charge is -2.32. The minimum Gasteiger partial charge on any atom is -0.339 e. The monoisotopic (exact) mass is 448 g/mol. The molecule has 6 nitrogen and oxygen atoms in total. The average molecular weight is 449 g/mol. The Bertz CT molecular complexity index is 1170. The third kappa shape index (κ3) is 4.36. The van der Waals surface area contributed by atoms with Crippen LogP contribution in [0.15, 0.2) is 48.8 Å². The second kappa shape index (κ2) is 8.96. The molecule has 2 aliphatic rings. The first-order valence-electron chi connectivity index (χ1n) is 11.8. The number of pyridine rings is 1. The molecular weight excluding hydrogens is 419 g/mol. The number of nitrogens with zero attached hydrogens (tertiary/aromatic N) is 4. The van der Waals surface area contributed by atoms with Crippen LogP contribution in [0.25, 0.3) is 5.52 Å². The highest BCUT2D eigenvalue weighted by molar-refractivity contribution is 6.00. The fraction of sp³-hybridized carbons (Fsp3) is 0.423. The molecule has 5 rings (SSSR count). The zero-order valence-corrected chi connectivity index (χ0v) is 18.9. The number of hydrogen-bond donors (Lipinski definition) is 0. The largest absolute Gasteiger partial charge is 0.339 e. The van der Waals surface area contributed by atoms with Crippen LogP contribution in [0.2, 0.25) is 0 Å². The summed E-state index contributed by atoms with van der Waals surface area (Å²) < 4.78 is 15.3. The molecule has 2 amide bonds. The molecule has 0 atom stereocenters. The first-order chi connectivity index (χ1) is 16.0. The molecule has 172 valence electrons. The van der Waals surface area contributed by atoms with E-state index in [1.54, 1.807) is 27.7 Å². The lowest BCUT2D eigenvalue weighted by atomic mass is 9.89. The van der Waals surface area contributed by atoms with Crippen LogP contribution in [0.1, 0.15) is 64.8 Å². The molecule has 0 bridgehead atoms. The topological polar surface area (TPSA) is 57.9 Å². The van der Waals surface area contributed by atoms with E-state index in [0.717, 1.165) is 44.3 Å². The molecule has 1 aromatic carbocycles. The smallest absolute Gasteiger partial charge is 0.257 e. The first kappa shape index (κ1) is 21.6. The number of hydrogen-bond acceptors (Lipinski definition) is 3. The van der Waals surface area contributed by atoms with Crippen molar-refractivity contribution in [1.82, 2.24) is 19.4 Å². The van der Waals surface area contributed by atoms with E-state index in [9.17, 15) is 14.0 Å². The van der Waals surface area contributed by atoms with Crippen LogP contribution < -0.4 is 0 Å². The summed E-state index contributed by atoms with van der Waals surface area (Å²) in [6, 6.07) is 10.0. The zero-order chi connectivity index (χ0) is 22.9. The summed E-state index contributed by atoms with van der Waals surface area (Å²) in [6.45, 7) is 5.09. The lowest BCUT2D eigenvalue weighted by Crippen LogP contribution is -2.38. The highest BCUT2D eigenvalue weighted by atomic mass is 19.1. The van der Waals surface area contributed by atoms with Crippen LogP contribution in [0.4, 0.5) is 4.39 Å². The molecule has 7 heteroatoms. The quantitative estimate of drug-likeness (QED) is 0.598. The molecule has 0 N–H and O–H groups in total. The standard InChI is InChI=1S/C26H29FN4O2/c1-18-5-10-30(11-6-18)26(33)23-17-28-31-14-9-20(16-24(23)31)19-7-12-29(13-8-19)25(32)21-3-2-4-22(27)15-21/h2-4,9,14-19H,5-8,10-13H2,1H3. The third-order valence-corrected chi connectivity index (χ3v) is 7.17. The van der Waals surface area contributed by atoms with Crippen molar-refractivity contribution in [2.45, 2.75) is 38.5 Å². The third-order valence-electron chi connectivity index (χ3n) is 7.17. The van der Waals surface area contributed by atoms with Gasteiger partial charge >= 0.3 is 0 Å². The van der Waals surface area contributed by atoms with E-state index in [4.69, 9.17) is 0 Å². The Morgan fingerprint density at radius 2 is 1.64 bits per heavy atom. The fourth-order valence-electron chi connectivity index (χ4n) is 5.02. The Hall–Kier alpha value is -3.22. The number of aromatic nitrogens is 2. The second-order valence-electron chi connectivity index (χ2n) is 9.40. The van der Waals surface area contributed by atoms with Crippen molar-refractivity contribution < 1.29 is 14.0 Å². The summed E-state index contributed by atoms with van der Waals surface area (Å²) in [5, 5.41) is 4.40. The highest BCUT2D eigenvalue weighted by Crippen LogP contribution is 2.30. The van der Waals surface area contributed by atoms with Crippen molar-refractivity contribution in [1.29, 1.82) is 0 Å². The Balaban J connectivity index is 1.29. The van der Waals surface area contributed by atoms with Gasteiger partial charge in [-0.05, 0) is 73.4 Å². The number of amides is 2. The number of halogens is 1. The van der Waals surface area contributed by atoms with Crippen molar-refractivity contribution in [3.63, 3.8) is 0 Å². The van der Waals surface area contributed by atoms with Gasteiger partial charge in [0.15, 0.2) is 0 Å². The summed E-state index contributed by atoms with van der Waals surface area (Å²) in [4.78, 5) is 29.6.